The van der Waals surface area contributed by atoms with Crippen LogP contribution in [0.5, 0.6) is 0 Å². The highest BCUT2D eigenvalue weighted by Gasteiger charge is 2.07. The van der Waals surface area contributed by atoms with Crippen LogP contribution in [0.4, 0.5) is 11.5 Å². The fraction of sp³-hybridized carbons (Fsp3) is 0.286. The third-order valence-corrected chi connectivity index (χ3v) is 2.83. The lowest BCUT2D eigenvalue weighted by molar-refractivity contribution is 0.980. The lowest BCUT2D eigenvalue weighted by atomic mass is 10.2. The van der Waals surface area contributed by atoms with Crippen LogP contribution in [0.2, 0.25) is 0 Å². The van der Waals surface area contributed by atoms with Crippen molar-refractivity contribution >= 4 is 11.5 Å². The van der Waals surface area contributed by atoms with Crippen molar-refractivity contribution in [3.8, 4) is 0 Å². The summed E-state index contributed by atoms with van der Waals surface area (Å²) in [5.74, 6) is 1.68. The molecular weight excluding hydrogens is 224 g/mol. The number of benzene rings is 1. The van der Waals surface area contributed by atoms with Crippen LogP contribution in [0.25, 0.3) is 0 Å². The molecule has 0 fully saturated rings. The molecular formula is C14H18N4. The molecule has 18 heavy (non-hydrogen) atoms. The van der Waals surface area contributed by atoms with Crippen molar-refractivity contribution in [1.29, 1.82) is 0 Å². The molecule has 4 nitrogen and oxygen atoms in total. The largest absolute Gasteiger partial charge is 0.329 e. The minimum absolute atomic E-state index is 0.545. The average Bonchev–Trinajstić information content (AvgIpc) is 2.37. The molecule has 0 amide bonds. The van der Waals surface area contributed by atoms with E-state index in [1.807, 2.05) is 50.1 Å². The van der Waals surface area contributed by atoms with E-state index in [0.29, 0.717) is 6.54 Å². The van der Waals surface area contributed by atoms with Gasteiger partial charge in [-0.2, -0.15) is 0 Å². The van der Waals surface area contributed by atoms with Gasteiger partial charge >= 0.3 is 0 Å². The van der Waals surface area contributed by atoms with Crippen molar-refractivity contribution in [1.82, 2.24) is 9.97 Å². The highest BCUT2D eigenvalue weighted by Crippen LogP contribution is 2.22. The molecule has 2 N–H and O–H groups in total. The smallest absolute Gasteiger partial charge is 0.136 e. The van der Waals surface area contributed by atoms with Gasteiger partial charge in [-0.15, -0.1) is 0 Å². The summed E-state index contributed by atoms with van der Waals surface area (Å²) in [5, 5.41) is 0. The van der Waals surface area contributed by atoms with Gasteiger partial charge in [-0.25, -0.2) is 9.97 Å². The zero-order valence-corrected chi connectivity index (χ0v) is 11.0. The van der Waals surface area contributed by atoms with Crippen molar-refractivity contribution in [3.63, 3.8) is 0 Å². The Kier molecular flexibility index (Phi) is 3.58. The van der Waals surface area contributed by atoms with Crippen LogP contribution in [0.15, 0.2) is 30.3 Å². The first-order valence-corrected chi connectivity index (χ1v) is 5.95. The summed E-state index contributed by atoms with van der Waals surface area (Å²) in [5.41, 5.74) is 8.83. The van der Waals surface area contributed by atoms with Crippen LogP contribution >= 0.6 is 0 Å². The van der Waals surface area contributed by atoms with E-state index in [1.54, 1.807) is 0 Å². The Labute approximate surface area is 107 Å². The molecule has 0 aliphatic rings. The molecule has 94 valence electrons. The lowest BCUT2D eigenvalue weighted by Gasteiger charge is -2.19. The maximum absolute atomic E-state index is 5.66. The first kappa shape index (κ1) is 12.5. The van der Waals surface area contributed by atoms with Gasteiger partial charge in [0.25, 0.3) is 0 Å². The van der Waals surface area contributed by atoms with E-state index in [0.717, 1.165) is 28.6 Å². The summed E-state index contributed by atoms with van der Waals surface area (Å²) < 4.78 is 0. The number of nitrogens with two attached hydrogens (primary N) is 1. The quantitative estimate of drug-likeness (QED) is 0.897. The molecule has 2 rings (SSSR count). The average molecular weight is 242 g/mol. The van der Waals surface area contributed by atoms with Crippen molar-refractivity contribution in [3.05, 3.63) is 47.4 Å². The Bertz CT molecular complexity index is 531. The summed E-state index contributed by atoms with van der Waals surface area (Å²) in [4.78, 5) is 10.8. The highest BCUT2D eigenvalue weighted by molar-refractivity contribution is 5.60. The van der Waals surface area contributed by atoms with Gasteiger partial charge in [0, 0.05) is 31.0 Å². The molecule has 2 aromatic rings. The minimum atomic E-state index is 0.545. The fourth-order valence-electron chi connectivity index (χ4n) is 1.89. The van der Waals surface area contributed by atoms with Crippen LogP contribution < -0.4 is 10.6 Å². The Morgan fingerprint density at radius 3 is 2.61 bits per heavy atom. The van der Waals surface area contributed by atoms with Gasteiger partial charge in [-0.05, 0) is 31.5 Å². The first-order valence-electron chi connectivity index (χ1n) is 5.95. The van der Waals surface area contributed by atoms with Gasteiger partial charge in [-0.1, -0.05) is 12.1 Å². The molecule has 1 heterocycles. The number of hydrogen-bond acceptors (Lipinski definition) is 4. The fourth-order valence-corrected chi connectivity index (χ4v) is 1.89. The standard InChI is InChI=1S/C14H18N4/c1-10-7-14(17-11(2)16-10)18(3)13-6-4-5-12(8-13)9-15/h4-8H,9,15H2,1-3H3. The second kappa shape index (κ2) is 5.14. The monoisotopic (exact) mass is 242 g/mol. The summed E-state index contributed by atoms with van der Waals surface area (Å²) >= 11 is 0. The predicted molar refractivity (Wildman–Crippen MR) is 73.9 cm³/mol. The number of anilines is 2. The van der Waals surface area contributed by atoms with Crippen molar-refractivity contribution < 1.29 is 0 Å². The second-order valence-corrected chi connectivity index (χ2v) is 4.35. The molecule has 0 radical (unpaired) electrons. The molecule has 1 aromatic heterocycles. The summed E-state index contributed by atoms with van der Waals surface area (Å²) in [6.07, 6.45) is 0. The molecule has 4 heteroatoms. The van der Waals surface area contributed by atoms with Gasteiger partial charge < -0.3 is 10.6 Å². The Morgan fingerprint density at radius 2 is 1.94 bits per heavy atom. The third kappa shape index (κ3) is 2.65. The van der Waals surface area contributed by atoms with Gasteiger partial charge in [0.05, 0.1) is 0 Å². The highest BCUT2D eigenvalue weighted by atomic mass is 15.2. The van der Waals surface area contributed by atoms with Gasteiger partial charge in [-0.3, -0.25) is 0 Å². The maximum Gasteiger partial charge on any atom is 0.136 e. The SMILES string of the molecule is Cc1cc(N(C)c2cccc(CN)c2)nc(C)n1. The molecule has 0 saturated carbocycles. The molecule has 0 unspecified atom stereocenters. The van der Waals surface area contributed by atoms with Gasteiger partial charge in [0.2, 0.25) is 0 Å². The van der Waals surface area contributed by atoms with E-state index >= 15 is 0 Å². The predicted octanol–water partition coefficient (Wildman–Crippen LogP) is 2.32. The van der Waals surface area contributed by atoms with Crippen LogP contribution in [0, 0.1) is 13.8 Å². The molecule has 0 saturated heterocycles. The van der Waals surface area contributed by atoms with Gasteiger partial charge in [0.1, 0.15) is 11.6 Å². The summed E-state index contributed by atoms with van der Waals surface area (Å²) in [6.45, 7) is 4.42. The maximum atomic E-state index is 5.66. The normalized spacial score (nSPS) is 10.4. The number of nitrogens with zero attached hydrogens (tertiary/aromatic N) is 3. The van der Waals surface area contributed by atoms with Crippen LogP contribution in [-0.4, -0.2) is 17.0 Å². The minimum Gasteiger partial charge on any atom is -0.329 e. The van der Waals surface area contributed by atoms with E-state index in [4.69, 9.17) is 5.73 Å². The van der Waals surface area contributed by atoms with Crippen LogP contribution in [0.3, 0.4) is 0 Å². The van der Waals surface area contributed by atoms with Crippen molar-refractivity contribution in [2.75, 3.05) is 11.9 Å². The molecule has 0 bridgehead atoms. The van der Waals surface area contributed by atoms with E-state index in [9.17, 15) is 0 Å². The molecule has 0 aliphatic carbocycles. The number of rotatable bonds is 3. The number of hydrogen-bond donors (Lipinski definition) is 1. The number of aryl methyl sites for hydroxylation is 2. The molecule has 0 spiro atoms. The van der Waals surface area contributed by atoms with E-state index in [2.05, 4.69) is 16.0 Å². The van der Waals surface area contributed by atoms with Crippen LogP contribution in [-0.2, 0) is 6.54 Å². The summed E-state index contributed by atoms with van der Waals surface area (Å²) in [6, 6.07) is 10.1. The third-order valence-electron chi connectivity index (χ3n) is 2.83. The zero-order chi connectivity index (χ0) is 13.1. The lowest BCUT2D eigenvalue weighted by Crippen LogP contribution is -2.13. The number of aromatic nitrogens is 2. The zero-order valence-electron chi connectivity index (χ0n) is 11.0. The molecule has 0 atom stereocenters. The van der Waals surface area contributed by atoms with Crippen molar-refractivity contribution in [2.45, 2.75) is 20.4 Å². The first-order chi connectivity index (χ1) is 8.60. The molecule has 0 aliphatic heterocycles. The Morgan fingerprint density at radius 1 is 1.17 bits per heavy atom. The van der Waals surface area contributed by atoms with E-state index in [-0.39, 0.29) is 0 Å². The molecule has 1 aromatic carbocycles. The van der Waals surface area contributed by atoms with E-state index in [1.165, 1.54) is 0 Å². The van der Waals surface area contributed by atoms with E-state index < -0.39 is 0 Å². The topological polar surface area (TPSA) is 55.0 Å². The Hall–Kier alpha value is -1.94. The van der Waals surface area contributed by atoms with Crippen LogP contribution in [0.1, 0.15) is 17.1 Å². The van der Waals surface area contributed by atoms with Gasteiger partial charge in [0.15, 0.2) is 0 Å². The summed E-state index contributed by atoms with van der Waals surface area (Å²) in [7, 11) is 2.00. The Balaban J connectivity index is 2.37. The second-order valence-electron chi connectivity index (χ2n) is 4.35. The van der Waals surface area contributed by atoms with Crippen molar-refractivity contribution in [2.24, 2.45) is 5.73 Å².